The van der Waals surface area contributed by atoms with Crippen LogP contribution in [0.2, 0.25) is 0 Å². The second-order valence-electron chi connectivity index (χ2n) is 2.18. The molecule has 0 spiro atoms. The normalized spacial score (nSPS) is 20.1. The molecular formula is C6H10Br2Cl2. The molecule has 0 aromatic rings. The fourth-order valence-electron chi connectivity index (χ4n) is 0.495. The van der Waals surface area contributed by atoms with Crippen LogP contribution in [0.3, 0.4) is 0 Å². The van der Waals surface area contributed by atoms with Crippen molar-refractivity contribution >= 4 is 55.1 Å². The Kier molecular flexibility index (Phi) is 7.04. The van der Waals surface area contributed by atoms with Gasteiger partial charge in [0.2, 0.25) is 0 Å². The minimum absolute atomic E-state index is 0.0424. The minimum Gasteiger partial charge on any atom is -0.122 e. The average Bonchev–Trinajstić information content (AvgIpc) is 1.87. The van der Waals surface area contributed by atoms with Crippen molar-refractivity contribution < 1.29 is 0 Å². The van der Waals surface area contributed by atoms with E-state index in [1.165, 1.54) is 0 Å². The van der Waals surface area contributed by atoms with Gasteiger partial charge in [-0.25, -0.2) is 0 Å². The Hall–Kier alpha value is 1.54. The lowest BCUT2D eigenvalue weighted by Crippen LogP contribution is -2.16. The van der Waals surface area contributed by atoms with Crippen molar-refractivity contribution in [3.8, 4) is 0 Å². The third kappa shape index (κ3) is 5.22. The lowest BCUT2D eigenvalue weighted by molar-refractivity contribution is 0.740. The van der Waals surface area contributed by atoms with E-state index in [0.717, 1.165) is 11.8 Å². The Morgan fingerprint density at radius 1 is 1.40 bits per heavy atom. The molecule has 0 aliphatic heterocycles. The van der Waals surface area contributed by atoms with Gasteiger partial charge in [0.15, 0.2) is 0 Å². The monoisotopic (exact) mass is 310 g/mol. The van der Waals surface area contributed by atoms with E-state index in [-0.39, 0.29) is 10.8 Å². The lowest BCUT2D eigenvalue weighted by atomic mass is 10.2. The van der Waals surface area contributed by atoms with Crippen LogP contribution in [0, 0.1) is 0 Å². The summed E-state index contributed by atoms with van der Waals surface area (Å²) < 4.78 is 0. The van der Waals surface area contributed by atoms with E-state index in [1.54, 1.807) is 0 Å². The molecule has 0 bridgehead atoms. The molecule has 0 aliphatic rings. The van der Waals surface area contributed by atoms with Crippen LogP contribution < -0.4 is 0 Å². The molecule has 0 nitrogen and oxygen atoms in total. The van der Waals surface area contributed by atoms with E-state index in [0.29, 0.717) is 4.83 Å². The van der Waals surface area contributed by atoms with Crippen LogP contribution in [0.4, 0.5) is 0 Å². The summed E-state index contributed by atoms with van der Waals surface area (Å²) in [6.07, 6.45) is 0.900. The van der Waals surface area contributed by atoms with Crippen molar-refractivity contribution in [3.05, 3.63) is 0 Å². The van der Waals surface area contributed by atoms with E-state index in [9.17, 15) is 0 Å². The van der Waals surface area contributed by atoms with Crippen molar-refractivity contribution in [2.24, 2.45) is 0 Å². The summed E-state index contributed by atoms with van der Waals surface area (Å²) in [5.41, 5.74) is 0. The van der Waals surface area contributed by atoms with Crippen molar-refractivity contribution in [1.82, 2.24) is 0 Å². The third-order valence-corrected chi connectivity index (χ3v) is 4.48. The number of hydrogen-bond donors (Lipinski definition) is 0. The smallest absolute Gasteiger partial charge is 0.0507 e. The van der Waals surface area contributed by atoms with E-state index in [2.05, 4.69) is 31.9 Å². The van der Waals surface area contributed by atoms with Crippen LogP contribution in [0.15, 0.2) is 0 Å². The zero-order valence-corrected chi connectivity index (χ0v) is 10.3. The molecular weight excluding hydrogens is 303 g/mol. The quantitative estimate of drug-likeness (QED) is 0.693. The predicted molar refractivity (Wildman–Crippen MR) is 56.1 cm³/mol. The molecule has 0 aromatic carbocycles. The molecule has 0 aromatic heterocycles. The van der Waals surface area contributed by atoms with Crippen molar-refractivity contribution in [2.45, 2.75) is 28.9 Å². The molecule has 0 aliphatic carbocycles. The fraction of sp³-hybridized carbons (Fsp3) is 1.00. The van der Waals surface area contributed by atoms with Gasteiger partial charge in [0.05, 0.1) is 5.38 Å². The predicted octanol–water partition coefficient (Wildman–Crippen LogP) is 3.77. The highest BCUT2D eigenvalue weighted by atomic mass is 79.9. The van der Waals surface area contributed by atoms with Gasteiger partial charge in [-0.05, 0) is 13.3 Å². The maximum atomic E-state index is 5.91. The first kappa shape index (κ1) is 11.5. The summed E-state index contributed by atoms with van der Waals surface area (Å²) in [5, 5.41) is 1.02. The second kappa shape index (κ2) is 6.10. The van der Waals surface area contributed by atoms with Crippen LogP contribution in [0.5, 0.6) is 0 Å². The van der Waals surface area contributed by atoms with Gasteiger partial charge in [-0.1, -0.05) is 31.9 Å². The SMILES string of the molecule is CC(Cl)C(Cl)CC(Br)CBr. The van der Waals surface area contributed by atoms with Crippen LogP contribution in [-0.2, 0) is 0 Å². The van der Waals surface area contributed by atoms with E-state index >= 15 is 0 Å². The maximum absolute atomic E-state index is 5.91. The van der Waals surface area contributed by atoms with E-state index in [4.69, 9.17) is 23.2 Å². The first-order chi connectivity index (χ1) is 4.57. The number of hydrogen-bond acceptors (Lipinski definition) is 0. The summed E-state index contributed by atoms with van der Waals surface area (Å²) in [6.45, 7) is 1.91. The molecule has 4 heteroatoms. The first-order valence-corrected chi connectivity index (χ1v) is 5.97. The molecule has 0 N–H and O–H groups in total. The number of alkyl halides is 4. The number of rotatable bonds is 4. The second-order valence-corrected chi connectivity index (χ2v) is 5.37. The van der Waals surface area contributed by atoms with Crippen LogP contribution >= 0.6 is 55.1 Å². The van der Waals surface area contributed by atoms with Crippen LogP contribution in [0.25, 0.3) is 0 Å². The fourth-order valence-corrected chi connectivity index (χ4v) is 1.70. The summed E-state index contributed by atoms with van der Waals surface area (Å²) >= 11 is 18.5. The number of halogens is 4. The molecule has 0 rings (SSSR count). The highest BCUT2D eigenvalue weighted by Gasteiger charge is 2.15. The van der Waals surface area contributed by atoms with Gasteiger partial charge in [0, 0.05) is 15.5 Å². The Labute approximate surface area is 88.9 Å². The molecule has 3 atom stereocenters. The van der Waals surface area contributed by atoms with E-state index in [1.807, 2.05) is 6.92 Å². The summed E-state index contributed by atoms with van der Waals surface area (Å²) in [5.74, 6) is 0. The van der Waals surface area contributed by atoms with Gasteiger partial charge in [0.25, 0.3) is 0 Å². The molecule has 3 unspecified atom stereocenters. The van der Waals surface area contributed by atoms with Gasteiger partial charge in [0.1, 0.15) is 0 Å². The third-order valence-electron chi connectivity index (χ3n) is 1.15. The molecule has 62 valence electrons. The lowest BCUT2D eigenvalue weighted by Gasteiger charge is -2.13. The molecule has 10 heavy (non-hydrogen) atoms. The van der Waals surface area contributed by atoms with E-state index < -0.39 is 0 Å². The van der Waals surface area contributed by atoms with Crippen molar-refractivity contribution in [3.63, 3.8) is 0 Å². The maximum Gasteiger partial charge on any atom is 0.0507 e. The standard InChI is InChI=1S/C6H10Br2Cl2/c1-4(9)6(10)2-5(8)3-7/h4-6H,2-3H2,1H3. The van der Waals surface area contributed by atoms with Crippen molar-refractivity contribution in [1.29, 1.82) is 0 Å². The zero-order valence-electron chi connectivity index (χ0n) is 5.66. The van der Waals surface area contributed by atoms with Gasteiger partial charge in [-0.15, -0.1) is 23.2 Å². The molecule has 0 fully saturated rings. The summed E-state index contributed by atoms with van der Waals surface area (Å²) in [7, 11) is 0. The van der Waals surface area contributed by atoms with Crippen molar-refractivity contribution in [2.75, 3.05) is 5.33 Å². The Morgan fingerprint density at radius 3 is 2.20 bits per heavy atom. The van der Waals surface area contributed by atoms with Gasteiger partial charge in [-0.2, -0.15) is 0 Å². The Bertz CT molecular complexity index is 87.8. The largest absolute Gasteiger partial charge is 0.122 e. The first-order valence-electron chi connectivity index (χ1n) is 3.06. The van der Waals surface area contributed by atoms with Crippen LogP contribution in [0.1, 0.15) is 13.3 Å². The molecule has 0 heterocycles. The minimum atomic E-state index is 0.0424. The molecule has 0 radical (unpaired) electrons. The van der Waals surface area contributed by atoms with Gasteiger partial charge >= 0.3 is 0 Å². The average molecular weight is 313 g/mol. The molecule has 0 saturated heterocycles. The molecule has 0 amide bonds. The Morgan fingerprint density at radius 2 is 1.90 bits per heavy atom. The highest BCUT2D eigenvalue weighted by molar-refractivity contribution is 9.12. The van der Waals surface area contributed by atoms with Gasteiger partial charge < -0.3 is 0 Å². The topological polar surface area (TPSA) is 0 Å². The van der Waals surface area contributed by atoms with Crippen LogP contribution in [-0.4, -0.2) is 20.9 Å². The zero-order chi connectivity index (χ0) is 8.15. The summed E-state index contributed by atoms with van der Waals surface area (Å²) in [6, 6.07) is 0. The Balaban J connectivity index is 3.46. The summed E-state index contributed by atoms with van der Waals surface area (Å²) in [4.78, 5) is 0.427. The highest BCUT2D eigenvalue weighted by Crippen LogP contribution is 2.20. The molecule has 0 saturated carbocycles. The van der Waals surface area contributed by atoms with Gasteiger partial charge in [-0.3, -0.25) is 0 Å².